The Balaban J connectivity index is 1.55. The third kappa shape index (κ3) is 3.61. The first-order valence-electron chi connectivity index (χ1n) is 13.7. The van der Waals surface area contributed by atoms with E-state index in [0.29, 0.717) is 50.2 Å². The highest BCUT2D eigenvalue weighted by Crippen LogP contribution is 2.55. The number of fused-ring (bicyclic) bond motifs is 4. The molecule has 1 atom stereocenters. The monoisotopic (exact) mass is 586 g/mol. The van der Waals surface area contributed by atoms with Gasteiger partial charge in [-0.3, -0.25) is 14.5 Å². The number of aryl methyl sites for hydroxylation is 1. The summed E-state index contributed by atoms with van der Waals surface area (Å²) in [6.07, 6.45) is 2.34. The number of anilines is 2. The predicted octanol–water partition coefficient (Wildman–Crippen LogP) is 7.49. The molecule has 2 amide bonds. The number of methoxy groups -OCH3 is 1. The average molecular weight is 588 g/mol. The maximum absolute atomic E-state index is 14.5. The van der Waals surface area contributed by atoms with Gasteiger partial charge in [0.05, 0.1) is 24.1 Å². The first-order chi connectivity index (χ1) is 19.7. The summed E-state index contributed by atoms with van der Waals surface area (Å²) < 4.78 is 7.86. The first-order valence-corrected chi connectivity index (χ1v) is 14.5. The molecule has 3 aromatic carbocycles. The largest absolute Gasteiger partial charge is 0.496 e. The van der Waals surface area contributed by atoms with Crippen LogP contribution in [-0.2, 0) is 10.3 Å². The van der Waals surface area contributed by atoms with E-state index < -0.39 is 5.54 Å². The van der Waals surface area contributed by atoms with Gasteiger partial charge in [-0.05, 0) is 87.1 Å². The van der Waals surface area contributed by atoms with Crippen molar-refractivity contribution in [3.63, 3.8) is 0 Å². The number of rotatable bonds is 5. The van der Waals surface area contributed by atoms with Gasteiger partial charge >= 0.3 is 0 Å². The number of imidazole rings is 1. The van der Waals surface area contributed by atoms with Gasteiger partial charge in [0.25, 0.3) is 11.8 Å². The molecule has 9 heteroatoms. The van der Waals surface area contributed by atoms with Crippen molar-refractivity contribution in [2.24, 2.45) is 0 Å². The lowest BCUT2D eigenvalue weighted by molar-refractivity contribution is -0.119. The number of hydrogen-bond donors (Lipinski definition) is 1. The van der Waals surface area contributed by atoms with E-state index in [-0.39, 0.29) is 23.6 Å². The van der Waals surface area contributed by atoms with Crippen molar-refractivity contribution in [2.45, 2.75) is 51.1 Å². The van der Waals surface area contributed by atoms with Gasteiger partial charge < -0.3 is 14.6 Å². The zero-order chi connectivity index (χ0) is 28.8. The molecule has 1 aromatic heterocycles. The Kier molecular flexibility index (Phi) is 5.79. The van der Waals surface area contributed by atoms with Gasteiger partial charge in [-0.25, -0.2) is 4.98 Å². The van der Waals surface area contributed by atoms with E-state index in [1.807, 2.05) is 43.5 Å². The van der Waals surface area contributed by atoms with Gasteiger partial charge in [-0.15, -0.1) is 0 Å². The molecular weight excluding hydrogens is 559 g/mol. The lowest BCUT2D eigenvalue weighted by Crippen LogP contribution is -2.51. The number of aromatic nitrogens is 2. The van der Waals surface area contributed by atoms with Crippen LogP contribution in [0.5, 0.6) is 5.75 Å². The Labute approximate surface area is 248 Å². The van der Waals surface area contributed by atoms with Crippen molar-refractivity contribution in [3.8, 4) is 17.1 Å². The highest BCUT2D eigenvalue weighted by Gasteiger charge is 2.64. The molecule has 1 aliphatic carbocycles. The van der Waals surface area contributed by atoms with Crippen LogP contribution >= 0.6 is 23.2 Å². The molecule has 1 N–H and O–H groups in total. The number of amides is 2. The standard InChI is InChI=1S/C32H28Cl2N4O3/c1-16(2)37-28-27(36-29(37)22-11-8-19(18-6-7-18)13-26(22)41-4)30(39)38(25-15-21(34)9-5-17(25)3)32(28)23-12-10-20(33)14-24(23)35-31(32)40/h5,8-16,18H,6-7H2,1-4H3,(H,35,40)/t32-/m1/s1. The highest BCUT2D eigenvalue weighted by atomic mass is 35.5. The summed E-state index contributed by atoms with van der Waals surface area (Å²) in [7, 11) is 1.65. The molecule has 0 saturated heterocycles. The van der Waals surface area contributed by atoms with E-state index in [9.17, 15) is 9.59 Å². The minimum absolute atomic E-state index is 0.150. The van der Waals surface area contributed by atoms with Crippen LogP contribution in [0.2, 0.25) is 10.0 Å². The number of carbonyl (C=O) groups is 2. The minimum atomic E-state index is -1.53. The van der Waals surface area contributed by atoms with Crippen LogP contribution in [0.4, 0.5) is 11.4 Å². The second-order valence-electron chi connectivity index (χ2n) is 11.3. The molecule has 0 radical (unpaired) electrons. The smallest absolute Gasteiger partial charge is 0.280 e. The first kappa shape index (κ1) is 26.1. The summed E-state index contributed by atoms with van der Waals surface area (Å²) in [5.74, 6) is 1.09. The number of nitrogens with zero attached hydrogens (tertiary/aromatic N) is 3. The van der Waals surface area contributed by atoms with Crippen molar-refractivity contribution in [1.82, 2.24) is 9.55 Å². The van der Waals surface area contributed by atoms with Crippen molar-refractivity contribution in [2.75, 3.05) is 17.3 Å². The van der Waals surface area contributed by atoms with Crippen molar-refractivity contribution >= 4 is 46.4 Å². The molecule has 41 heavy (non-hydrogen) atoms. The number of ether oxygens (including phenoxy) is 1. The van der Waals surface area contributed by atoms with Gasteiger partial charge in [0.15, 0.2) is 11.2 Å². The summed E-state index contributed by atoms with van der Waals surface area (Å²) in [5.41, 5.74) is 3.73. The molecule has 2 aliphatic heterocycles. The van der Waals surface area contributed by atoms with Crippen LogP contribution in [0.3, 0.4) is 0 Å². The summed E-state index contributed by atoms with van der Waals surface area (Å²) in [6, 6.07) is 16.6. The van der Waals surface area contributed by atoms with Gasteiger partial charge in [0.1, 0.15) is 11.6 Å². The topological polar surface area (TPSA) is 76.5 Å². The third-order valence-electron chi connectivity index (χ3n) is 8.39. The second-order valence-corrected chi connectivity index (χ2v) is 12.1. The fraction of sp³-hybridized carbons (Fsp3) is 0.281. The van der Waals surface area contributed by atoms with Crippen LogP contribution in [0.15, 0.2) is 54.6 Å². The number of nitrogens with one attached hydrogen (secondary N) is 1. The molecule has 7 nitrogen and oxygen atoms in total. The summed E-state index contributed by atoms with van der Waals surface area (Å²) in [6.45, 7) is 5.95. The highest BCUT2D eigenvalue weighted by molar-refractivity contribution is 6.32. The fourth-order valence-corrected chi connectivity index (χ4v) is 6.73. The third-order valence-corrected chi connectivity index (χ3v) is 8.86. The van der Waals surface area contributed by atoms with Crippen molar-refractivity contribution in [1.29, 1.82) is 0 Å². The lowest BCUT2D eigenvalue weighted by atomic mass is 9.86. The SMILES string of the molecule is COc1cc(C2CC2)ccc1-c1nc2c(n1C(C)C)[C@]1(C(=O)Nc3cc(Cl)ccc31)N(c1cc(Cl)ccc1C)C2=O. The van der Waals surface area contributed by atoms with E-state index in [0.717, 1.165) is 11.1 Å². The Hall–Kier alpha value is -3.81. The van der Waals surface area contributed by atoms with E-state index in [1.165, 1.54) is 18.4 Å². The zero-order valence-corrected chi connectivity index (χ0v) is 24.6. The van der Waals surface area contributed by atoms with Crippen LogP contribution < -0.4 is 15.0 Å². The molecular formula is C32H28Cl2N4O3. The lowest BCUT2D eigenvalue weighted by Gasteiger charge is -2.36. The Morgan fingerprint density at radius 3 is 2.46 bits per heavy atom. The zero-order valence-electron chi connectivity index (χ0n) is 23.1. The van der Waals surface area contributed by atoms with Gasteiger partial charge in [-0.1, -0.05) is 41.4 Å². The van der Waals surface area contributed by atoms with E-state index >= 15 is 0 Å². The molecule has 0 unspecified atom stereocenters. The molecule has 3 heterocycles. The number of carbonyl (C=O) groups excluding carboxylic acids is 2. The molecule has 1 saturated carbocycles. The summed E-state index contributed by atoms with van der Waals surface area (Å²) in [5, 5.41) is 3.95. The molecule has 0 bridgehead atoms. The van der Waals surface area contributed by atoms with Crippen LogP contribution in [0, 0.1) is 6.92 Å². The molecule has 208 valence electrons. The van der Waals surface area contributed by atoms with Crippen molar-refractivity contribution in [3.05, 3.63) is 92.7 Å². The summed E-state index contributed by atoms with van der Waals surface area (Å²) >= 11 is 12.8. The number of halogens is 2. The van der Waals surface area contributed by atoms with Gasteiger partial charge in [0, 0.05) is 27.3 Å². The second kappa shape index (κ2) is 9.10. The van der Waals surface area contributed by atoms with E-state index in [4.69, 9.17) is 32.9 Å². The Bertz CT molecular complexity index is 1790. The minimum Gasteiger partial charge on any atom is -0.496 e. The van der Waals surface area contributed by atoms with Gasteiger partial charge in [-0.2, -0.15) is 0 Å². The normalized spacial score (nSPS) is 19.2. The number of benzene rings is 3. The maximum Gasteiger partial charge on any atom is 0.280 e. The van der Waals surface area contributed by atoms with Crippen LogP contribution in [0.1, 0.15) is 71.5 Å². The average Bonchev–Trinajstić information content (AvgIpc) is 3.59. The maximum atomic E-state index is 14.5. The Morgan fingerprint density at radius 2 is 1.76 bits per heavy atom. The molecule has 3 aliphatic rings. The quantitative estimate of drug-likeness (QED) is 0.263. The van der Waals surface area contributed by atoms with E-state index in [2.05, 4.69) is 17.4 Å². The summed E-state index contributed by atoms with van der Waals surface area (Å²) in [4.78, 5) is 35.5. The molecule has 4 aromatic rings. The molecule has 1 fully saturated rings. The molecule has 7 rings (SSSR count). The van der Waals surface area contributed by atoms with Crippen LogP contribution in [0.25, 0.3) is 11.4 Å². The van der Waals surface area contributed by atoms with Crippen molar-refractivity contribution < 1.29 is 14.3 Å². The molecule has 1 spiro atoms. The van der Waals surface area contributed by atoms with E-state index in [1.54, 1.807) is 36.3 Å². The fourth-order valence-electron chi connectivity index (χ4n) is 6.39. The Morgan fingerprint density at radius 1 is 1.02 bits per heavy atom. The predicted molar refractivity (Wildman–Crippen MR) is 160 cm³/mol. The number of hydrogen-bond acceptors (Lipinski definition) is 4. The van der Waals surface area contributed by atoms with Gasteiger partial charge in [0.2, 0.25) is 0 Å². The van der Waals surface area contributed by atoms with Crippen LogP contribution in [-0.4, -0.2) is 28.5 Å².